The number of allylic oxidation sites excluding steroid dienone is 1. The summed E-state index contributed by atoms with van der Waals surface area (Å²) in [6.07, 6.45) is 0.753. The van der Waals surface area contributed by atoms with Gasteiger partial charge < -0.3 is 9.47 Å². The predicted octanol–water partition coefficient (Wildman–Crippen LogP) is 4.57. The van der Waals surface area contributed by atoms with Crippen molar-refractivity contribution < 1.29 is 19.1 Å². The Kier molecular flexibility index (Phi) is 7.17. The number of nitrogens with zero attached hydrogens (tertiary/aromatic N) is 1. The number of carbonyl (C=O) groups excluding carboxylic acids is 2. The molecule has 0 aliphatic rings. The fraction of sp³-hybridized carbons (Fsp3) is 0.389. The second kappa shape index (κ2) is 8.64. The molecule has 0 radical (unpaired) electrons. The normalized spacial score (nSPS) is 12.8. The zero-order valence-electron chi connectivity index (χ0n) is 14.6. The lowest BCUT2D eigenvalue weighted by Crippen LogP contribution is -2.24. The van der Waals surface area contributed by atoms with Crippen LogP contribution in [-0.2, 0) is 14.3 Å². The molecule has 0 aliphatic heterocycles. The minimum absolute atomic E-state index is 0.160. The molecule has 5 nitrogen and oxygen atoms in total. The van der Waals surface area contributed by atoms with Crippen LogP contribution in [0.3, 0.4) is 0 Å². The van der Waals surface area contributed by atoms with Crippen LogP contribution in [0.2, 0.25) is 5.02 Å². The average molecular weight is 352 g/mol. The van der Waals surface area contributed by atoms with E-state index in [0.717, 1.165) is 0 Å². The summed E-state index contributed by atoms with van der Waals surface area (Å²) < 4.78 is 10.3. The molecule has 24 heavy (non-hydrogen) atoms. The summed E-state index contributed by atoms with van der Waals surface area (Å²) in [5.74, 6) is -0.567. The molecule has 0 saturated carbocycles. The first-order valence-corrected chi connectivity index (χ1v) is 7.97. The van der Waals surface area contributed by atoms with Crippen LogP contribution in [0.4, 0.5) is 4.79 Å². The van der Waals surface area contributed by atoms with Gasteiger partial charge in [0.05, 0.1) is 17.9 Å². The Hall–Kier alpha value is -2.14. The molecule has 0 fully saturated rings. The summed E-state index contributed by atoms with van der Waals surface area (Å²) in [5, 5.41) is 0.462. The maximum absolute atomic E-state index is 12.2. The highest BCUT2D eigenvalue weighted by atomic mass is 35.5. The van der Waals surface area contributed by atoms with Gasteiger partial charge in [0.2, 0.25) is 0 Å². The standard InChI is InChI=1S/C18H22ClNO4/c1-6-14(16(21)23-7-2)15(12-9-8-10-13(19)11-12)20-17(22)24-18(3,4)5/h6,8-11H,7H2,1-5H3/b14-6+,20-15-. The van der Waals surface area contributed by atoms with Crippen molar-refractivity contribution in [3.8, 4) is 0 Å². The summed E-state index contributed by atoms with van der Waals surface area (Å²) in [6, 6.07) is 6.72. The van der Waals surface area contributed by atoms with Crippen molar-refractivity contribution in [2.24, 2.45) is 4.99 Å². The zero-order chi connectivity index (χ0) is 18.3. The van der Waals surface area contributed by atoms with E-state index in [1.165, 1.54) is 0 Å². The number of benzene rings is 1. The van der Waals surface area contributed by atoms with Gasteiger partial charge in [0.25, 0.3) is 0 Å². The Labute approximate surface area is 147 Å². The van der Waals surface area contributed by atoms with Crippen molar-refractivity contribution in [3.05, 3.63) is 46.5 Å². The van der Waals surface area contributed by atoms with Crippen LogP contribution in [0.25, 0.3) is 0 Å². The molecule has 0 spiro atoms. The van der Waals surface area contributed by atoms with Gasteiger partial charge in [-0.15, -0.1) is 0 Å². The van der Waals surface area contributed by atoms with E-state index in [4.69, 9.17) is 21.1 Å². The van der Waals surface area contributed by atoms with Crippen molar-refractivity contribution in [3.63, 3.8) is 0 Å². The van der Waals surface area contributed by atoms with Crippen LogP contribution in [-0.4, -0.2) is 30.0 Å². The first kappa shape index (κ1) is 19.9. The second-order valence-electron chi connectivity index (χ2n) is 5.87. The average Bonchev–Trinajstić information content (AvgIpc) is 2.45. The number of ether oxygens (including phenoxy) is 2. The van der Waals surface area contributed by atoms with Gasteiger partial charge in [-0.2, -0.15) is 4.99 Å². The minimum atomic E-state index is -0.791. The summed E-state index contributed by atoms with van der Waals surface area (Å²) in [7, 11) is 0. The molecular weight excluding hydrogens is 330 g/mol. The number of halogens is 1. The fourth-order valence-corrected chi connectivity index (χ4v) is 2.04. The molecule has 0 bridgehead atoms. The Morgan fingerprint density at radius 2 is 1.96 bits per heavy atom. The van der Waals surface area contributed by atoms with E-state index in [0.29, 0.717) is 10.6 Å². The van der Waals surface area contributed by atoms with E-state index in [2.05, 4.69) is 4.99 Å². The first-order valence-electron chi connectivity index (χ1n) is 7.59. The highest BCUT2D eigenvalue weighted by Crippen LogP contribution is 2.18. The summed E-state index contributed by atoms with van der Waals surface area (Å²) in [6.45, 7) is 8.80. The molecule has 0 aromatic heterocycles. The Bertz CT molecular complexity index is 672. The van der Waals surface area contributed by atoms with E-state index in [-0.39, 0.29) is 17.9 Å². The molecule has 0 heterocycles. The van der Waals surface area contributed by atoms with Crippen LogP contribution in [0.5, 0.6) is 0 Å². The molecule has 0 unspecified atom stereocenters. The minimum Gasteiger partial charge on any atom is -0.462 e. The molecule has 0 atom stereocenters. The number of rotatable bonds is 4. The fourth-order valence-electron chi connectivity index (χ4n) is 1.85. The molecule has 1 amide bonds. The number of aliphatic imine (C=N–C) groups is 1. The molecule has 130 valence electrons. The van der Waals surface area contributed by atoms with Gasteiger partial charge in [0, 0.05) is 10.6 Å². The number of esters is 1. The summed E-state index contributed by atoms with van der Waals surface area (Å²) >= 11 is 6.01. The van der Waals surface area contributed by atoms with Crippen molar-refractivity contribution in [2.45, 2.75) is 40.2 Å². The van der Waals surface area contributed by atoms with Gasteiger partial charge >= 0.3 is 12.1 Å². The lowest BCUT2D eigenvalue weighted by Gasteiger charge is -2.18. The third-order valence-corrected chi connectivity index (χ3v) is 2.97. The number of hydrogen-bond acceptors (Lipinski definition) is 4. The third kappa shape index (κ3) is 6.16. The van der Waals surface area contributed by atoms with E-state index in [9.17, 15) is 9.59 Å². The van der Waals surface area contributed by atoms with Crippen LogP contribution in [0, 0.1) is 0 Å². The second-order valence-corrected chi connectivity index (χ2v) is 6.31. The van der Waals surface area contributed by atoms with Crippen molar-refractivity contribution in [1.82, 2.24) is 0 Å². The van der Waals surface area contributed by atoms with Gasteiger partial charge in [-0.1, -0.05) is 29.8 Å². The van der Waals surface area contributed by atoms with Gasteiger partial charge in [-0.3, -0.25) is 0 Å². The smallest absolute Gasteiger partial charge is 0.434 e. The molecule has 0 aliphatic carbocycles. The van der Waals surface area contributed by atoms with Crippen molar-refractivity contribution in [1.29, 1.82) is 0 Å². The Balaban J connectivity index is 3.36. The van der Waals surface area contributed by atoms with Gasteiger partial charge in [0.1, 0.15) is 5.60 Å². The summed E-state index contributed by atoms with van der Waals surface area (Å²) in [5.41, 5.74) is 0.159. The number of hydrogen-bond donors (Lipinski definition) is 0. The molecular formula is C18H22ClNO4. The van der Waals surface area contributed by atoms with Crippen molar-refractivity contribution in [2.75, 3.05) is 6.61 Å². The van der Waals surface area contributed by atoms with E-state index in [1.54, 1.807) is 65.0 Å². The van der Waals surface area contributed by atoms with E-state index >= 15 is 0 Å². The Morgan fingerprint density at radius 1 is 1.29 bits per heavy atom. The maximum atomic E-state index is 12.2. The number of amides is 1. The monoisotopic (exact) mass is 351 g/mol. The van der Waals surface area contributed by atoms with Crippen LogP contribution < -0.4 is 0 Å². The molecule has 6 heteroatoms. The molecule has 0 N–H and O–H groups in total. The largest absolute Gasteiger partial charge is 0.462 e. The van der Waals surface area contributed by atoms with Crippen LogP contribution in [0.1, 0.15) is 40.2 Å². The quantitative estimate of drug-likeness (QED) is 0.452. The SMILES string of the molecule is C/C=C(C(=O)OCC)\C(=N/C(=O)OC(C)(C)C)c1cccc(Cl)c1. The number of carbonyl (C=O) groups is 2. The molecule has 1 aromatic carbocycles. The topological polar surface area (TPSA) is 65.0 Å². The van der Waals surface area contributed by atoms with Crippen LogP contribution >= 0.6 is 11.6 Å². The maximum Gasteiger partial charge on any atom is 0.434 e. The third-order valence-electron chi connectivity index (χ3n) is 2.73. The molecule has 1 rings (SSSR count). The van der Waals surface area contributed by atoms with Gasteiger partial charge in [0.15, 0.2) is 0 Å². The Morgan fingerprint density at radius 3 is 2.46 bits per heavy atom. The highest BCUT2D eigenvalue weighted by Gasteiger charge is 2.22. The highest BCUT2D eigenvalue weighted by molar-refractivity contribution is 6.32. The lowest BCUT2D eigenvalue weighted by atomic mass is 10.0. The van der Waals surface area contributed by atoms with Gasteiger partial charge in [-0.05, 0) is 46.8 Å². The zero-order valence-corrected chi connectivity index (χ0v) is 15.3. The first-order chi connectivity index (χ1) is 11.2. The van der Waals surface area contributed by atoms with E-state index < -0.39 is 17.7 Å². The molecule has 0 saturated heterocycles. The molecule has 1 aromatic rings. The van der Waals surface area contributed by atoms with Crippen molar-refractivity contribution >= 4 is 29.4 Å². The lowest BCUT2D eigenvalue weighted by molar-refractivity contribution is -0.137. The predicted molar refractivity (Wildman–Crippen MR) is 94.6 cm³/mol. The van der Waals surface area contributed by atoms with Gasteiger partial charge in [-0.25, -0.2) is 9.59 Å². The van der Waals surface area contributed by atoms with Crippen LogP contribution in [0.15, 0.2) is 40.9 Å². The summed E-state index contributed by atoms with van der Waals surface area (Å²) in [4.78, 5) is 28.3. The van der Waals surface area contributed by atoms with E-state index in [1.807, 2.05) is 0 Å².